The van der Waals surface area contributed by atoms with Gasteiger partial charge in [-0.2, -0.15) is 0 Å². The molecule has 0 radical (unpaired) electrons. The number of amides is 1. The minimum absolute atomic E-state index is 0.0548. The molecule has 0 aliphatic carbocycles. The van der Waals surface area contributed by atoms with Crippen LogP contribution >= 0.6 is 0 Å². The predicted molar refractivity (Wildman–Crippen MR) is 74.0 cm³/mol. The summed E-state index contributed by atoms with van der Waals surface area (Å²) < 4.78 is 16.0. The topological polar surface area (TPSA) is 48.0 Å². The Morgan fingerprint density at radius 2 is 2.10 bits per heavy atom. The van der Waals surface area contributed by atoms with Crippen LogP contribution in [-0.2, 0) is 4.79 Å². The lowest BCUT2D eigenvalue weighted by molar-refractivity contribution is -0.124. The van der Waals surface area contributed by atoms with E-state index in [1.165, 1.54) is 0 Å². The second-order valence-corrected chi connectivity index (χ2v) is 4.82. The normalized spacial score (nSPS) is 16.9. The number of carbonyl (C=O) groups is 1. The van der Waals surface area contributed by atoms with Gasteiger partial charge in [-0.3, -0.25) is 4.79 Å². The van der Waals surface area contributed by atoms with Crippen LogP contribution in [0.4, 0.5) is 0 Å². The molecule has 3 rings (SSSR count). The molecule has 20 heavy (non-hydrogen) atoms. The van der Waals surface area contributed by atoms with Gasteiger partial charge in [0.2, 0.25) is 18.4 Å². The van der Waals surface area contributed by atoms with E-state index in [4.69, 9.17) is 14.2 Å². The van der Waals surface area contributed by atoms with Crippen molar-refractivity contribution in [3.8, 4) is 17.2 Å². The predicted octanol–water partition coefficient (Wildman–Crippen LogP) is 2.06. The largest absolute Gasteiger partial charge is 0.493 e. The number of likely N-dealkylation sites (tertiary alicyclic amines) is 1. The maximum atomic E-state index is 12.0. The molecule has 2 heterocycles. The van der Waals surface area contributed by atoms with Gasteiger partial charge >= 0.3 is 0 Å². The first-order valence-corrected chi connectivity index (χ1v) is 6.72. The molecule has 0 atom stereocenters. The number of benzene rings is 1. The average molecular weight is 275 g/mol. The Bertz CT molecular complexity index is 547. The first-order valence-electron chi connectivity index (χ1n) is 6.72. The van der Waals surface area contributed by atoms with Gasteiger partial charge in [0.1, 0.15) is 0 Å². The summed E-state index contributed by atoms with van der Waals surface area (Å²) in [7, 11) is 1.58. The van der Waals surface area contributed by atoms with Gasteiger partial charge in [-0.05, 0) is 36.6 Å². The molecular weight excluding hydrogens is 258 g/mol. The van der Waals surface area contributed by atoms with E-state index < -0.39 is 0 Å². The number of rotatable bonds is 3. The van der Waals surface area contributed by atoms with Gasteiger partial charge < -0.3 is 19.1 Å². The number of fused-ring (bicyclic) bond motifs is 1. The summed E-state index contributed by atoms with van der Waals surface area (Å²) in [6.45, 7) is 1.91. The first kappa shape index (κ1) is 12.8. The van der Waals surface area contributed by atoms with Crippen LogP contribution in [0, 0.1) is 0 Å². The van der Waals surface area contributed by atoms with Gasteiger partial charge in [0.05, 0.1) is 7.11 Å². The zero-order valence-corrected chi connectivity index (χ0v) is 11.4. The van der Waals surface area contributed by atoms with Crippen LogP contribution in [0.2, 0.25) is 0 Å². The Labute approximate surface area is 117 Å². The summed E-state index contributed by atoms with van der Waals surface area (Å²) in [5, 5.41) is 0. The lowest BCUT2D eigenvalue weighted by Gasteiger charge is -2.11. The van der Waals surface area contributed by atoms with E-state index in [0.717, 1.165) is 31.5 Å². The molecule has 0 N–H and O–H groups in total. The van der Waals surface area contributed by atoms with Crippen LogP contribution in [0.3, 0.4) is 0 Å². The van der Waals surface area contributed by atoms with Gasteiger partial charge in [0.25, 0.3) is 0 Å². The van der Waals surface area contributed by atoms with Gasteiger partial charge in [-0.25, -0.2) is 0 Å². The second kappa shape index (κ2) is 5.45. The highest BCUT2D eigenvalue weighted by Crippen LogP contribution is 2.42. The van der Waals surface area contributed by atoms with E-state index in [1.807, 2.05) is 17.0 Å². The Balaban J connectivity index is 1.78. The lowest BCUT2D eigenvalue weighted by Crippen LogP contribution is -2.25. The van der Waals surface area contributed by atoms with Crippen LogP contribution in [0.25, 0.3) is 6.08 Å². The molecule has 0 bridgehead atoms. The van der Waals surface area contributed by atoms with Crippen LogP contribution in [0.1, 0.15) is 18.4 Å². The van der Waals surface area contributed by atoms with E-state index in [1.54, 1.807) is 19.3 Å². The van der Waals surface area contributed by atoms with Crippen molar-refractivity contribution in [3.05, 3.63) is 23.8 Å². The van der Waals surface area contributed by atoms with Crippen molar-refractivity contribution in [2.24, 2.45) is 0 Å². The fraction of sp³-hybridized carbons (Fsp3) is 0.400. The SMILES string of the molecule is COc1cc(C=CC(=O)N2CCCC2)cc2c1OCO2. The summed E-state index contributed by atoms with van der Waals surface area (Å²) in [6, 6.07) is 3.68. The smallest absolute Gasteiger partial charge is 0.246 e. The summed E-state index contributed by atoms with van der Waals surface area (Å²) in [6.07, 6.45) is 5.57. The summed E-state index contributed by atoms with van der Waals surface area (Å²) >= 11 is 0. The van der Waals surface area contributed by atoms with Gasteiger partial charge in [0.15, 0.2) is 11.5 Å². The quantitative estimate of drug-likeness (QED) is 0.792. The highest BCUT2D eigenvalue weighted by Gasteiger charge is 2.20. The van der Waals surface area contributed by atoms with E-state index in [-0.39, 0.29) is 12.7 Å². The summed E-state index contributed by atoms with van der Waals surface area (Å²) in [4.78, 5) is 13.8. The molecule has 5 heteroatoms. The molecule has 2 aliphatic rings. The van der Waals surface area contributed by atoms with Crippen molar-refractivity contribution in [2.45, 2.75) is 12.8 Å². The van der Waals surface area contributed by atoms with E-state index in [0.29, 0.717) is 17.2 Å². The monoisotopic (exact) mass is 275 g/mol. The molecule has 1 aromatic rings. The van der Waals surface area contributed by atoms with Gasteiger partial charge in [-0.15, -0.1) is 0 Å². The lowest BCUT2D eigenvalue weighted by atomic mass is 10.1. The second-order valence-electron chi connectivity index (χ2n) is 4.82. The molecule has 0 unspecified atom stereocenters. The van der Waals surface area contributed by atoms with Crippen molar-refractivity contribution >= 4 is 12.0 Å². The van der Waals surface area contributed by atoms with E-state index in [9.17, 15) is 4.79 Å². The summed E-state index contributed by atoms with van der Waals surface area (Å²) in [5.74, 6) is 1.94. The fourth-order valence-electron chi connectivity index (χ4n) is 2.46. The first-order chi connectivity index (χ1) is 9.78. The standard InChI is InChI=1S/C15H17NO4/c1-18-12-8-11(9-13-15(12)20-10-19-13)4-5-14(17)16-6-2-3-7-16/h4-5,8-9H,2-3,6-7,10H2,1H3. The number of carbonyl (C=O) groups excluding carboxylic acids is 1. The molecule has 1 aromatic carbocycles. The Morgan fingerprint density at radius 1 is 1.30 bits per heavy atom. The van der Waals surface area contributed by atoms with Crippen LogP contribution in [0.15, 0.2) is 18.2 Å². The van der Waals surface area contributed by atoms with Crippen molar-refractivity contribution in [1.29, 1.82) is 0 Å². The third-order valence-electron chi connectivity index (χ3n) is 3.52. The molecule has 106 valence electrons. The van der Waals surface area contributed by atoms with Crippen molar-refractivity contribution in [3.63, 3.8) is 0 Å². The molecule has 0 aromatic heterocycles. The number of hydrogen-bond acceptors (Lipinski definition) is 4. The number of ether oxygens (including phenoxy) is 3. The third-order valence-corrected chi connectivity index (χ3v) is 3.52. The van der Waals surface area contributed by atoms with Crippen LogP contribution < -0.4 is 14.2 Å². The van der Waals surface area contributed by atoms with Crippen molar-refractivity contribution < 1.29 is 19.0 Å². The molecule has 0 spiro atoms. The summed E-state index contributed by atoms with van der Waals surface area (Å²) in [5.41, 5.74) is 0.860. The molecule has 1 amide bonds. The molecular formula is C15H17NO4. The number of hydrogen-bond donors (Lipinski definition) is 0. The van der Waals surface area contributed by atoms with Crippen molar-refractivity contribution in [2.75, 3.05) is 27.0 Å². The Hall–Kier alpha value is -2.17. The fourth-order valence-corrected chi connectivity index (χ4v) is 2.46. The number of nitrogens with zero attached hydrogens (tertiary/aromatic N) is 1. The van der Waals surface area contributed by atoms with Gasteiger partial charge in [-0.1, -0.05) is 0 Å². The molecule has 5 nitrogen and oxygen atoms in total. The minimum atomic E-state index is 0.0548. The number of methoxy groups -OCH3 is 1. The minimum Gasteiger partial charge on any atom is -0.493 e. The van der Waals surface area contributed by atoms with Crippen LogP contribution in [-0.4, -0.2) is 37.8 Å². The van der Waals surface area contributed by atoms with Crippen molar-refractivity contribution in [1.82, 2.24) is 4.90 Å². The third kappa shape index (κ3) is 2.43. The molecule has 2 aliphatic heterocycles. The maximum absolute atomic E-state index is 12.0. The van der Waals surface area contributed by atoms with Gasteiger partial charge in [0, 0.05) is 19.2 Å². The zero-order valence-electron chi connectivity index (χ0n) is 11.4. The molecule has 1 saturated heterocycles. The molecule has 1 fully saturated rings. The zero-order chi connectivity index (χ0) is 13.9. The Kier molecular flexibility index (Phi) is 3.50. The highest BCUT2D eigenvalue weighted by atomic mass is 16.7. The molecule has 0 saturated carbocycles. The Morgan fingerprint density at radius 3 is 2.85 bits per heavy atom. The average Bonchev–Trinajstić information content (AvgIpc) is 3.14. The van der Waals surface area contributed by atoms with Crippen LogP contribution in [0.5, 0.6) is 17.2 Å². The van der Waals surface area contributed by atoms with E-state index >= 15 is 0 Å². The maximum Gasteiger partial charge on any atom is 0.246 e. The van der Waals surface area contributed by atoms with E-state index in [2.05, 4.69) is 0 Å². The highest BCUT2D eigenvalue weighted by molar-refractivity contribution is 5.92.